The van der Waals surface area contributed by atoms with Crippen molar-refractivity contribution in [2.75, 3.05) is 18.5 Å². The number of carbonyl (C=O) groups is 3. The predicted octanol–water partition coefficient (Wildman–Crippen LogP) is 0.998. The molecule has 24 heavy (non-hydrogen) atoms. The van der Waals surface area contributed by atoms with E-state index in [1.807, 2.05) is 0 Å². The van der Waals surface area contributed by atoms with E-state index in [0.29, 0.717) is 11.4 Å². The number of rotatable bonds is 5. The van der Waals surface area contributed by atoms with E-state index >= 15 is 0 Å². The molecule has 10 heteroatoms. The van der Waals surface area contributed by atoms with Crippen molar-refractivity contribution in [1.82, 2.24) is 5.32 Å². The van der Waals surface area contributed by atoms with Crippen molar-refractivity contribution in [3.8, 4) is 5.75 Å². The van der Waals surface area contributed by atoms with Crippen LogP contribution in [0.25, 0.3) is 0 Å². The number of hydrogen-bond donors (Lipinski definition) is 2. The molecule has 0 bridgehead atoms. The van der Waals surface area contributed by atoms with Crippen molar-refractivity contribution in [1.29, 1.82) is 0 Å². The predicted molar refractivity (Wildman–Crippen MR) is 74.1 cm³/mol. The zero-order valence-electron chi connectivity index (χ0n) is 12.2. The molecule has 130 valence electrons. The van der Waals surface area contributed by atoms with Crippen molar-refractivity contribution in [2.24, 2.45) is 0 Å². The highest BCUT2D eigenvalue weighted by molar-refractivity contribution is 5.99. The zero-order valence-corrected chi connectivity index (χ0v) is 12.2. The number of amides is 2. The number of esters is 1. The molecule has 2 N–H and O–H groups in total. The number of alkyl halides is 3. The molecule has 1 atom stereocenters. The number of ether oxygens (including phenoxy) is 2. The Morgan fingerprint density at radius 2 is 2.00 bits per heavy atom. The molecular formula is C14H13F3N2O5. The second kappa shape index (κ2) is 7.20. The number of hydrogen-bond acceptors (Lipinski definition) is 5. The number of nitrogens with one attached hydrogen (secondary N) is 2. The summed E-state index contributed by atoms with van der Waals surface area (Å²) in [7, 11) is 0. The number of halogens is 3. The van der Waals surface area contributed by atoms with Crippen LogP contribution in [0.4, 0.5) is 18.9 Å². The van der Waals surface area contributed by atoms with Crippen LogP contribution in [0.2, 0.25) is 0 Å². The van der Waals surface area contributed by atoms with Crippen molar-refractivity contribution in [3.63, 3.8) is 0 Å². The van der Waals surface area contributed by atoms with Gasteiger partial charge in [-0.15, -0.1) is 0 Å². The van der Waals surface area contributed by atoms with Crippen molar-refractivity contribution in [3.05, 3.63) is 24.3 Å². The highest BCUT2D eigenvalue weighted by Crippen LogP contribution is 2.29. The molecule has 1 heterocycles. The molecule has 0 spiro atoms. The number of anilines is 1. The van der Waals surface area contributed by atoms with Gasteiger partial charge in [-0.05, 0) is 12.1 Å². The summed E-state index contributed by atoms with van der Waals surface area (Å²) in [6, 6.07) is 6.58. The van der Waals surface area contributed by atoms with Gasteiger partial charge < -0.3 is 20.1 Å². The Hall–Kier alpha value is -2.78. The van der Waals surface area contributed by atoms with Crippen LogP contribution in [0.3, 0.4) is 0 Å². The van der Waals surface area contributed by atoms with Crippen LogP contribution in [-0.2, 0) is 19.1 Å². The van der Waals surface area contributed by atoms with Gasteiger partial charge in [0.25, 0.3) is 11.8 Å². The highest BCUT2D eigenvalue weighted by Gasteiger charge is 2.31. The summed E-state index contributed by atoms with van der Waals surface area (Å²) in [5.74, 6) is -2.23. The molecule has 2 amide bonds. The van der Waals surface area contributed by atoms with E-state index in [-0.39, 0.29) is 0 Å². The third-order valence-corrected chi connectivity index (χ3v) is 2.91. The fourth-order valence-electron chi connectivity index (χ4n) is 1.83. The molecule has 1 aromatic carbocycles. The standard InChI is InChI=1S/C14H13F3N2O5/c15-14(16,17)7-18-11(20)6-23-12(21)5-10-13(22)19-8-3-1-2-4-9(8)24-10/h1-4,10H,5-7H2,(H,18,20)(H,19,22). The van der Waals surface area contributed by atoms with Crippen LogP contribution in [0, 0.1) is 0 Å². The highest BCUT2D eigenvalue weighted by atomic mass is 19.4. The summed E-state index contributed by atoms with van der Waals surface area (Å²) >= 11 is 0. The smallest absolute Gasteiger partial charge is 0.405 e. The van der Waals surface area contributed by atoms with E-state index < -0.39 is 49.6 Å². The van der Waals surface area contributed by atoms with Crippen LogP contribution in [0.15, 0.2) is 24.3 Å². The summed E-state index contributed by atoms with van der Waals surface area (Å²) in [4.78, 5) is 34.5. The average Bonchev–Trinajstić information content (AvgIpc) is 2.51. The molecular weight excluding hydrogens is 333 g/mol. The number of fused-ring (bicyclic) bond motifs is 1. The third-order valence-electron chi connectivity index (χ3n) is 2.91. The lowest BCUT2D eigenvalue weighted by atomic mass is 10.1. The maximum atomic E-state index is 11.9. The molecule has 0 radical (unpaired) electrons. The van der Waals surface area contributed by atoms with Gasteiger partial charge in [-0.25, -0.2) is 0 Å². The molecule has 0 aromatic heterocycles. The molecule has 2 rings (SSSR count). The first-order valence-corrected chi connectivity index (χ1v) is 6.80. The topological polar surface area (TPSA) is 93.7 Å². The summed E-state index contributed by atoms with van der Waals surface area (Å²) in [5, 5.41) is 4.09. The van der Waals surface area contributed by atoms with Gasteiger partial charge in [0.15, 0.2) is 12.7 Å². The van der Waals surface area contributed by atoms with E-state index in [9.17, 15) is 27.6 Å². The maximum Gasteiger partial charge on any atom is 0.405 e. The van der Waals surface area contributed by atoms with Gasteiger partial charge in [0.05, 0.1) is 12.1 Å². The minimum Gasteiger partial charge on any atom is -0.478 e. The molecule has 7 nitrogen and oxygen atoms in total. The Balaban J connectivity index is 1.79. The quantitative estimate of drug-likeness (QED) is 0.776. The molecule has 1 aliphatic rings. The number of carbonyl (C=O) groups excluding carboxylic acids is 3. The van der Waals surface area contributed by atoms with Crippen molar-refractivity contribution < 1.29 is 37.0 Å². The molecule has 1 aromatic rings. The van der Waals surface area contributed by atoms with Crippen molar-refractivity contribution in [2.45, 2.75) is 18.7 Å². The van der Waals surface area contributed by atoms with E-state index in [1.54, 1.807) is 29.6 Å². The molecule has 0 saturated heterocycles. The SMILES string of the molecule is O=C(COC(=O)CC1Oc2ccccc2NC1=O)NCC(F)(F)F. The normalized spacial score (nSPS) is 16.5. The van der Waals surface area contributed by atoms with Crippen LogP contribution < -0.4 is 15.4 Å². The molecule has 1 aliphatic heterocycles. The monoisotopic (exact) mass is 346 g/mol. The Labute approximate surface area is 134 Å². The molecule has 0 aliphatic carbocycles. The summed E-state index contributed by atoms with van der Waals surface area (Å²) in [6.07, 6.45) is -6.18. The van der Waals surface area contributed by atoms with Crippen LogP contribution >= 0.6 is 0 Å². The van der Waals surface area contributed by atoms with E-state index in [2.05, 4.69) is 10.1 Å². The second-order valence-corrected chi connectivity index (χ2v) is 4.85. The average molecular weight is 346 g/mol. The largest absolute Gasteiger partial charge is 0.478 e. The molecule has 0 saturated carbocycles. The van der Waals surface area contributed by atoms with Crippen LogP contribution in [0.1, 0.15) is 6.42 Å². The Morgan fingerprint density at radius 3 is 2.71 bits per heavy atom. The van der Waals surface area contributed by atoms with Crippen molar-refractivity contribution >= 4 is 23.5 Å². The Bertz CT molecular complexity index is 648. The minimum atomic E-state index is -4.55. The fraction of sp³-hybridized carbons (Fsp3) is 0.357. The van der Waals surface area contributed by atoms with Crippen LogP contribution in [0.5, 0.6) is 5.75 Å². The summed E-state index contributed by atoms with van der Waals surface area (Å²) in [5.41, 5.74) is 0.457. The maximum absolute atomic E-state index is 11.9. The first kappa shape index (κ1) is 17.6. The summed E-state index contributed by atoms with van der Waals surface area (Å²) < 4.78 is 45.6. The van der Waals surface area contributed by atoms with E-state index in [0.717, 1.165) is 0 Å². The number of benzene rings is 1. The third kappa shape index (κ3) is 5.14. The van der Waals surface area contributed by atoms with Gasteiger partial charge in [0, 0.05) is 0 Å². The van der Waals surface area contributed by atoms with Gasteiger partial charge in [-0.1, -0.05) is 12.1 Å². The Kier molecular flexibility index (Phi) is 5.27. The lowest BCUT2D eigenvalue weighted by molar-refractivity contribution is -0.153. The molecule has 0 fully saturated rings. The van der Waals surface area contributed by atoms with E-state index in [4.69, 9.17) is 4.74 Å². The minimum absolute atomic E-state index is 0.373. The summed E-state index contributed by atoms with van der Waals surface area (Å²) in [6.45, 7) is -2.39. The number of para-hydroxylation sites is 2. The fourth-order valence-corrected chi connectivity index (χ4v) is 1.83. The van der Waals surface area contributed by atoms with Crippen LogP contribution in [-0.4, -0.2) is 43.2 Å². The molecule has 1 unspecified atom stereocenters. The lowest BCUT2D eigenvalue weighted by Gasteiger charge is -2.25. The first-order chi connectivity index (χ1) is 11.2. The van der Waals surface area contributed by atoms with Gasteiger partial charge in [-0.2, -0.15) is 13.2 Å². The van der Waals surface area contributed by atoms with Gasteiger partial charge in [0.2, 0.25) is 0 Å². The van der Waals surface area contributed by atoms with Gasteiger partial charge in [0.1, 0.15) is 12.3 Å². The second-order valence-electron chi connectivity index (χ2n) is 4.85. The first-order valence-electron chi connectivity index (χ1n) is 6.80. The van der Waals surface area contributed by atoms with E-state index in [1.165, 1.54) is 0 Å². The Morgan fingerprint density at radius 1 is 1.29 bits per heavy atom. The van der Waals surface area contributed by atoms with Gasteiger partial charge in [-0.3, -0.25) is 14.4 Å². The van der Waals surface area contributed by atoms with Gasteiger partial charge >= 0.3 is 12.1 Å². The zero-order chi connectivity index (χ0) is 17.7. The lowest BCUT2D eigenvalue weighted by Crippen LogP contribution is -2.40.